The van der Waals surface area contributed by atoms with Gasteiger partial charge in [-0.15, -0.1) is 0 Å². The van der Waals surface area contributed by atoms with Crippen LogP contribution in [0.25, 0.3) is 0 Å². The Hall–Kier alpha value is -1.88. The zero-order valence-corrected chi connectivity index (χ0v) is 16.8. The van der Waals surface area contributed by atoms with Crippen LogP contribution in [0.5, 0.6) is 5.75 Å². The van der Waals surface area contributed by atoms with Crippen LogP contribution in [0.15, 0.2) is 42.5 Å². The molecule has 1 atom stereocenters. The molecule has 146 valence electrons. The molecule has 0 aliphatic carbocycles. The van der Waals surface area contributed by atoms with E-state index in [0.29, 0.717) is 13.2 Å². The van der Waals surface area contributed by atoms with Crippen molar-refractivity contribution in [3.8, 4) is 5.75 Å². The van der Waals surface area contributed by atoms with E-state index in [9.17, 15) is 5.11 Å². The highest BCUT2D eigenvalue weighted by Gasteiger charge is 2.20. The number of piperazine rings is 1. The summed E-state index contributed by atoms with van der Waals surface area (Å²) in [5.41, 5.74) is 4.87. The molecule has 1 saturated heterocycles. The Balaban J connectivity index is 1.41. The Morgan fingerprint density at radius 1 is 0.926 bits per heavy atom. The Bertz CT molecular complexity index is 701. The van der Waals surface area contributed by atoms with Crippen molar-refractivity contribution >= 4 is 0 Å². The molecule has 3 rings (SSSR count). The molecular formula is C23H32N2O2. The summed E-state index contributed by atoms with van der Waals surface area (Å²) in [6, 6.07) is 14.9. The quantitative estimate of drug-likeness (QED) is 0.814. The minimum absolute atomic E-state index is 0.342. The molecule has 0 saturated carbocycles. The van der Waals surface area contributed by atoms with Crippen LogP contribution in [-0.4, -0.2) is 60.3 Å². The van der Waals surface area contributed by atoms with Crippen LogP contribution in [0.4, 0.5) is 0 Å². The fraction of sp³-hybridized carbons (Fsp3) is 0.478. The molecule has 1 N–H and O–H groups in total. The van der Waals surface area contributed by atoms with E-state index < -0.39 is 6.10 Å². The van der Waals surface area contributed by atoms with Crippen molar-refractivity contribution in [3.63, 3.8) is 0 Å². The van der Waals surface area contributed by atoms with Crippen molar-refractivity contribution < 1.29 is 9.84 Å². The second-order valence-electron chi connectivity index (χ2n) is 7.76. The van der Waals surface area contributed by atoms with Gasteiger partial charge < -0.3 is 9.84 Å². The van der Waals surface area contributed by atoms with Gasteiger partial charge in [-0.05, 0) is 37.5 Å². The molecule has 1 aliphatic rings. The van der Waals surface area contributed by atoms with Gasteiger partial charge in [0.2, 0.25) is 0 Å². The molecule has 2 aromatic carbocycles. The first-order valence-electron chi connectivity index (χ1n) is 9.88. The molecule has 4 nitrogen and oxygen atoms in total. The van der Waals surface area contributed by atoms with Crippen LogP contribution in [0.1, 0.15) is 22.3 Å². The Kier molecular flexibility index (Phi) is 6.89. The summed E-state index contributed by atoms with van der Waals surface area (Å²) in [5.74, 6) is 0.910. The lowest BCUT2D eigenvalue weighted by atomic mass is 10.1. The second-order valence-corrected chi connectivity index (χ2v) is 7.76. The predicted octanol–water partition coefficient (Wildman–Crippen LogP) is 3.17. The minimum atomic E-state index is -0.467. The number of aliphatic hydroxyl groups excluding tert-OH is 1. The molecule has 1 fully saturated rings. The van der Waals surface area contributed by atoms with Crippen molar-refractivity contribution in [2.24, 2.45) is 0 Å². The standard InChI is InChI=1S/C23H32N2O2/c1-18-13-19(2)23(20(3)14-18)27-17-22(26)16-25-11-9-24(10-12-25)15-21-7-5-4-6-8-21/h4-8,13-14,22,26H,9-12,15-17H2,1-3H3. The summed E-state index contributed by atoms with van der Waals surface area (Å²) < 4.78 is 5.94. The van der Waals surface area contributed by atoms with E-state index in [1.165, 1.54) is 11.1 Å². The largest absolute Gasteiger partial charge is 0.490 e. The third-order valence-electron chi connectivity index (χ3n) is 5.21. The highest BCUT2D eigenvalue weighted by atomic mass is 16.5. The van der Waals surface area contributed by atoms with Crippen LogP contribution in [0.2, 0.25) is 0 Å². The molecule has 2 aromatic rings. The first-order chi connectivity index (χ1) is 13.0. The van der Waals surface area contributed by atoms with E-state index in [1.54, 1.807) is 0 Å². The zero-order valence-electron chi connectivity index (χ0n) is 16.8. The van der Waals surface area contributed by atoms with Gasteiger partial charge in [-0.3, -0.25) is 9.80 Å². The van der Waals surface area contributed by atoms with Crippen molar-refractivity contribution in [3.05, 3.63) is 64.7 Å². The Morgan fingerprint density at radius 3 is 2.15 bits per heavy atom. The summed E-state index contributed by atoms with van der Waals surface area (Å²) >= 11 is 0. The molecule has 0 bridgehead atoms. The average Bonchev–Trinajstić information content (AvgIpc) is 2.63. The van der Waals surface area contributed by atoms with Gasteiger partial charge in [0.1, 0.15) is 18.5 Å². The third-order valence-corrected chi connectivity index (χ3v) is 5.21. The fourth-order valence-corrected chi connectivity index (χ4v) is 3.90. The van der Waals surface area contributed by atoms with Gasteiger partial charge in [0.05, 0.1) is 0 Å². The van der Waals surface area contributed by atoms with Crippen molar-refractivity contribution in [2.75, 3.05) is 39.3 Å². The maximum Gasteiger partial charge on any atom is 0.125 e. The number of hydrogen-bond acceptors (Lipinski definition) is 4. The van der Waals surface area contributed by atoms with Gasteiger partial charge in [0.15, 0.2) is 0 Å². The van der Waals surface area contributed by atoms with Crippen molar-refractivity contribution in [2.45, 2.75) is 33.4 Å². The number of nitrogens with zero attached hydrogens (tertiary/aromatic N) is 2. The summed E-state index contributed by atoms with van der Waals surface area (Å²) in [6.45, 7) is 12.3. The lowest BCUT2D eigenvalue weighted by Crippen LogP contribution is -2.48. The molecular weight excluding hydrogens is 336 g/mol. The van der Waals surface area contributed by atoms with E-state index in [1.807, 2.05) is 0 Å². The van der Waals surface area contributed by atoms with Gasteiger partial charge in [0.25, 0.3) is 0 Å². The van der Waals surface area contributed by atoms with Crippen LogP contribution < -0.4 is 4.74 Å². The zero-order chi connectivity index (χ0) is 19.2. The van der Waals surface area contributed by atoms with Crippen LogP contribution in [0.3, 0.4) is 0 Å². The lowest BCUT2D eigenvalue weighted by Gasteiger charge is -2.35. The maximum atomic E-state index is 10.4. The molecule has 0 aromatic heterocycles. The molecule has 0 spiro atoms. The molecule has 27 heavy (non-hydrogen) atoms. The van der Waals surface area contributed by atoms with E-state index in [-0.39, 0.29) is 0 Å². The van der Waals surface area contributed by atoms with E-state index in [4.69, 9.17) is 4.74 Å². The number of ether oxygens (including phenoxy) is 1. The minimum Gasteiger partial charge on any atom is -0.490 e. The highest BCUT2D eigenvalue weighted by Crippen LogP contribution is 2.24. The topological polar surface area (TPSA) is 35.9 Å². The highest BCUT2D eigenvalue weighted by molar-refractivity contribution is 5.42. The van der Waals surface area contributed by atoms with Gasteiger partial charge in [0, 0.05) is 39.3 Å². The molecule has 0 amide bonds. The SMILES string of the molecule is Cc1cc(C)c(OCC(O)CN2CCN(Cc3ccccc3)CC2)c(C)c1. The first kappa shape index (κ1) is 19.9. The van der Waals surface area contributed by atoms with E-state index in [2.05, 4.69) is 73.0 Å². The summed E-state index contributed by atoms with van der Waals surface area (Å²) in [5, 5.41) is 10.4. The van der Waals surface area contributed by atoms with Crippen LogP contribution >= 0.6 is 0 Å². The number of aryl methyl sites for hydroxylation is 3. The van der Waals surface area contributed by atoms with Crippen molar-refractivity contribution in [1.82, 2.24) is 9.80 Å². The van der Waals surface area contributed by atoms with Gasteiger partial charge in [-0.2, -0.15) is 0 Å². The van der Waals surface area contributed by atoms with Crippen molar-refractivity contribution in [1.29, 1.82) is 0 Å². The van der Waals surface area contributed by atoms with Gasteiger partial charge >= 0.3 is 0 Å². The smallest absolute Gasteiger partial charge is 0.125 e. The molecule has 4 heteroatoms. The first-order valence-corrected chi connectivity index (χ1v) is 9.88. The molecule has 1 unspecified atom stereocenters. The summed E-state index contributed by atoms with van der Waals surface area (Å²) in [4.78, 5) is 4.82. The number of rotatable bonds is 7. The third kappa shape index (κ3) is 5.80. The predicted molar refractivity (Wildman–Crippen MR) is 110 cm³/mol. The summed E-state index contributed by atoms with van der Waals surface area (Å²) in [7, 11) is 0. The van der Waals surface area contributed by atoms with E-state index >= 15 is 0 Å². The normalized spacial score (nSPS) is 17.0. The number of benzene rings is 2. The monoisotopic (exact) mass is 368 g/mol. The van der Waals surface area contributed by atoms with Gasteiger partial charge in [-0.1, -0.05) is 48.0 Å². The fourth-order valence-electron chi connectivity index (χ4n) is 3.90. The summed E-state index contributed by atoms with van der Waals surface area (Å²) in [6.07, 6.45) is -0.467. The Labute approximate surface area is 163 Å². The Morgan fingerprint density at radius 2 is 1.52 bits per heavy atom. The number of aliphatic hydroxyl groups is 1. The second kappa shape index (κ2) is 9.36. The number of β-amino-alcohol motifs (C(OH)–C–C–N with tert-alkyl or cyclic N) is 1. The van der Waals surface area contributed by atoms with Gasteiger partial charge in [-0.25, -0.2) is 0 Å². The maximum absolute atomic E-state index is 10.4. The van der Waals surface area contributed by atoms with Crippen LogP contribution in [0, 0.1) is 20.8 Å². The molecule has 1 aliphatic heterocycles. The van der Waals surface area contributed by atoms with E-state index in [0.717, 1.165) is 49.6 Å². The lowest BCUT2D eigenvalue weighted by molar-refractivity contribution is 0.0443. The van der Waals surface area contributed by atoms with Crippen LogP contribution in [-0.2, 0) is 6.54 Å². The average molecular weight is 369 g/mol. The molecule has 1 heterocycles. The number of hydrogen-bond donors (Lipinski definition) is 1. The molecule has 0 radical (unpaired) electrons.